The smallest absolute Gasteiger partial charge is 0.386 e. The highest BCUT2D eigenvalue weighted by Gasteiger charge is 2.47. The Kier molecular flexibility index (Phi) is 6.19. The van der Waals surface area contributed by atoms with Gasteiger partial charge in [-0.1, -0.05) is 65.7 Å². The number of anilines is 1. The minimum absolute atomic E-state index is 0.138. The van der Waals surface area contributed by atoms with E-state index in [1.807, 2.05) is 6.07 Å². The highest BCUT2D eigenvalue weighted by Crippen LogP contribution is 2.46. The summed E-state index contributed by atoms with van der Waals surface area (Å²) >= 11 is 13.8. The summed E-state index contributed by atoms with van der Waals surface area (Å²) in [5, 5.41) is 12.2. The van der Waals surface area contributed by atoms with E-state index in [0.29, 0.717) is 38.8 Å². The van der Waals surface area contributed by atoms with Gasteiger partial charge in [0.05, 0.1) is 33.8 Å². The Morgan fingerprint density at radius 2 is 1.88 bits per heavy atom. The van der Waals surface area contributed by atoms with Crippen LogP contribution in [0.2, 0.25) is 10.0 Å². The maximum atomic E-state index is 13.6. The second-order valence-electron chi connectivity index (χ2n) is 10.6. The fourth-order valence-electron chi connectivity index (χ4n) is 5.55. The number of carbonyl (C=O) groups excluding carboxylic acids is 3. The molecule has 206 valence electrons. The van der Waals surface area contributed by atoms with Gasteiger partial charge in [-0.15, -0.1) is 4.90 Å². The molecule has 1 aromatic heterocycles. The first kappa shape index (κ1) is 27.0. The van der Waals surface area contributed by atoms with Gasteiger partial charge in [0.25, 0.3) is 5.91 Å². The zero-order valence-electron chi connectivity index (χ0n) is 22.3. The van der Waals surface area contributed by atoms with Crippen LogP contribution in [0.25, 0.3) is 32.9 Å². The topological polar surface area (TPSA) is 120 Å². The number of nitrogens with one attached hydrogen (secondary N) is 1. The van der Waals surface area contributed by atoms with Crippen molar-refractivity contribution in [1.29, 1.82) is 0 Å². The number of urea groups is 1. The molecule has 0 bridgehead atoms. The van der Waals surface area contributed by atoms with E-state index >= 15 is 0 Å². The summed E-state index contributed by atoms with van der Waals surface area (Å²) in [4.78, 5) is 43.8. The molecule has 4 amide bonds. The summed E-state index contributed by atoms with van der Waals surface area (Å²) < 4.78 is 1.43. The Morgan fingerprint density at radius 1 is 1.12 bits per heavy atom. The Morgan fingerprint density at radius 3 is 2.59 bits per heavy atom. The zero-order chi connectivity index (χ0) is 29.4. The quantitative estimate of drug-likeness (QED) is 0.257. The number of hydrogen-bond donors (Lipinski definition) is 3. The van der Waals surface area contributed by atoms with Crippen LogP contribution in [0.3, 0.4) is 0 Å². The van der Waals surface area contributed by atoms with Gasteiger partial charge in [-0.3, -0.25) is 4.79 Å². The second-order valence-corrected chi connectivity index (χ2v) is 11.4. The van der Waals surface area contributed by atoms with Gasteiger partial charge in [0.15, 0.2) is 5.69 Å². The second kappa shape index (κ2) is 9.41. The maximum Gasteiger partial charge on any atom is 0.506 e. The third kappa shape index (κ3) is 4.10. The number of amides is 4. The van der Waals surface area contributed by atoms with Crippen molar-refractivity contribution >= 4 is 74.3 Å². The van der Waals surface area contributed by atoms with Crippen LogP contribution in [0.15, 0.2) is 66.8 Å². The summed E-state index contributed by atoms with van der Waals surface area (Å²) in [7, 11) is 1.61. The number of carbonyl (C=O) groups is 3. The Bertz CT molecular complexity index is 1950. The lowest BCUT2D eigenvalue weighted by molar-refractivity contribution is -0.393. The fourth-order valence-corrected chi connectivity index (χ4v) is 6.16. The first-order chi connectivity index (χ1) is 19.4. The molecule has 2 heterocycles. The Labute approximate surface area is 245 Å². The molecule has 10 heteroatoms. The van der Waals surface area contributed by atoms with Crippen molar-refractivity contribution in [2.24, 2.45) is 11.7 Å². The number of allylic oxidation sites excluding steroid dienone is 3. The van der Waals surface area contributed by atoms with E-state index in [1.165, 1.54) is 10.6 Å². The van der Waals surface area contributed by atoms with E-state index in [0.717, 1.165) is 10.3 Å². The van der Waals surface area contributed by atoms with Gasteiger partial charge in [-0.2, -0.15) is 9.37 Å². The number of imide groups is 1. The molecule has 1 aliphatic heterocycles. The number of nitrogens with zero attached hydrogens (tertiary/aromatic N) is 2. The Balaban J connectivity index is 1.61. The number of hydrogen-bond acceptors (Lipinski definition) is 4. The average molecular weight is 588 g/mol. The molecule has 1 unspecified atom stereocenters. The lowest BCUT2D eigenvalue weighted by atomic mass is 9.93. The standard InChI is InChI=1S/C31H24Cl2N4O4/c1-31(2,41)15-11-12-16-21(13-15)35-27-19(28(34)38)14-20(32)24(25(16)27)18-8-6-10-23(26(18)33)37-29(39)17-7-4-5-9-22(17)36(3)30(37)40/h4-14,17,41H,1-3H3,(H2-,34,35,38)/p+1. The molecule has 6 rings (SSSR count). The van der Waals surface area contributed by atoms with Crippen LogP contribution in [-0.2, 0) is 10.4 Å². The number of benzene rings is 3. The summed E-state index contributed by atoms with van der Waals surface area (Å²) in [6.07, 6.45) is 7.03. The number of aromatic amines is 1. The average Bonchev–Trinajstić information content (AvgIpc) is 3.31. The highest BCUT2D eigenvalue weighted by atomic mass is 35.5. The molecule has 0 spiro atoms. The van der Waals surface area contributed by atoms with Crippen LogP contribution < -0.4 is 10.6 Å². The number of fused-ring (bicyclic) bond motifs is 4. The van der Waals surface area contributed by atoms with Crippen molar-refractivity contribution in [2.45, 2.75) is 19.4 Å². The van der Waals surface area contributed by atoms with Gasteiger partial charge in [0.2, 0.25) is 0 Å². The number of halogens is 2. The van der Waals surface area contributed by atoms with Crippen LogP contribution in [0, 0.1) is 5.92 Å². The van der Waals surface area contributed by atoms with E-state index in [9.17, 15) is 19.5 Å². The number of aromatic nitrogens is 1. The van der Waals surface area contributed by atoms with Gasteiger partial charge >= 0.3 is 11.9 Å². The van der Waals surface area contributed by atoms with Crippen molar-refractivity contribution in [2.75, 3.05) is 11.9 Å². The molecule has 1 atom stereocenters. The Hall–Kier alpha value is -4.24. The molecule has 3 aromatic carbocycles. The molecule has 8 nitrogen and oxygen atoms in total. The molecule has 4 N–H and O–H groups in total. The third-order valence-corrected chi connectivity index (χ3v) is 8.34. The highest BCUT2D eigenvalue weighted by molar-refractivity contribution is 6.42. The summed E-state index contributed by atoms with van der Waals surface area (Å²) in [6.45, 7) is 3.36. The molecule has 41 heavy (non-hydrogen) atoms. The van der Waals surface area contributed by atoms with Gasteiger partial charge in [-0.05, 0) is 43.7 Å². The summed E-state index contributed by atoms with van der Waals surface area (Å²) in [5.74, 6) is -1.73. The van der Waals surface area contributed by atoms with Crippen molar-refractivity contribution in [1.82, 2.24) is 4.98 Å². The van der Waals surface area contributed by atoms with Crippen LogP contribution in [0.1, 0.15) is 29.8 Å². The third-order valence-electron chi connectivity index (χ3n) is 7.64. The zero-order valence-corrected chi connectivity index (χ0v) is 23.8. The number of primary amides is 1. The minimum atomic E-state index is -1.10. The molecular formula is C31H25Cl2N4O4+. The van der Waals surface area contributed by atoms with Gasteiger partial charge in [0.1, 0.15) is 11.6 Å². The van der Waals surface area contributed by atoms with E-state index in [1.54, 1.807) is 75.5 Å². The number of H-pyrrole nitrogens is 1. The lowest BCUT2D eigenvalue weighted by Gasteiger charge is -2.26. The van der Waals surface area contributed by atoms with E-state index in [-0.39, 0.29) is 21.3 Å². The molecule has 0 saturated heterocycles. The molecule has 0 radical (unpaired) electrons. The normalized spacial score (nSPS) is 17.2. The fraction of sp³-hybridized carbons (Fsp3) is 0.161. The molecular weight excluding hydrogens is 563 g/mol. The van der Waals surface area contributed by atoms with Gasteiger partial charge in [0, 0.05) is 27.4 Å². The van der Waals surface area contributed by atoms with Crippen molar-refractivity contribution < 1.29 is 24.1 Å². The predicted octanol–water partition coefficient (Wildman–Crippen LogP) is 5.91. The first-order valence-electron chi connectivity index (χ1n) is 12.8. The number of aliphatic hydroxyl groups is 1. The van der Waals surface area contributed by atoms with Gasteiger partial charge in [-0.25, -0.2) is 4.79 Å². The van der Waals surface area contributed by atoms with Crippen molar-refractivity contribution in [3.8, 4) is 11.1 Å². The van der Waals surface area contributed by atoms with Crippen LogP contribution in [0.5, 0.6) is 0 Å². The predicted molar refractivity (Wildman–Crippen MR) is 161 cm³/mol. The number of rotatable bonds is 4. The van der Waals surface area contributed by atoms with Crippen LogP contribution in [-0.4, -0.2) is 45.3 Å². The summed E-state index contributed by atoms with van der Waals surface area (Å²) in [5.41, 5.74) is 8.33. The molecule has 0 saturated carbocycles. The molecule has 4 aromatic rings. The van der Waals surface area contributed by atoms with Gasteiger partial charge < -0.3 is 15.8 Å². The maximum absolute atomic E-state index is 13.6. The molecule has 0 fully saturated rings. The molecule has 2 aliphatic rings. The number of nitrogens with two attached hydrogens (primary N) is 1. The van der Waals surface area contributed by atoms with Crippen molar-refractivity contribution in [3.63, 3.8) is 0 Å². The monoisotopic (exact) mass is 587 g/mol. The molecule has 1 aliphatic carbocycles. The SMILES string of the molecule is C[N+]1=C2C=CC=CC2C(=O)N(c2cccc(-c3c(Cl)cc(C(N)=O)c4[nH]c5cc(C(C)(C)O)ccc5c34)c2Cl)C1=O. The minimum Gasteiger partial charge on any atom is -0.386 e. The van der Waals surface area contributed by atoms with E-state index in [4.69, 9.17) is 28.9 Å². The van der Waals surface area contributed by atoms with E-state index < -0.39 is 29.4 Å². The summed E-state index contributed by atoms with van der Waals surface area (Å²) in [6, 6.07) is 11.4. The first-order valence-corrected chi connectivity index (χ1v) is 13.6. The lowest BCUT2D eigenvalue weighted by Crippen LogP contribution is -2.53. The van der Waals surface area contributed by atoms with Crippen LogP contribution >= 0.6 is 23.2 Å². The largest absolute Gasteiger partial charge is 0.506 e. The van der Waals surface area contributed by atoms with E-state index in [2.05, 4.69) is 4.98 Å². The van der Waals surface area contributed by atoms with Crippen LogP contribution in [0.4, 0.5) is 10.5 Å². The van der Waals surface area contributed by atoms with Crippen molar-refractivity contribution in [3.05, 3.63) is 87.9 Å².